The maximum Gasteiger partial charge on any atom is 0.253 e. The van der Waals surface area contributed by atoms with Crippen molar-refractivity contribution < 1.29 is 14.4 Å². The predicted molar refractivity (Wildman–Crippen MR) is 123 cm³/mol. The molecule has 1 fully saturated rings. The number of aryl methyl sites for hydroxylation is 2. The van der Waals surface area contributed by atoms with Crippen molar-refractivity contribution >= 4 is 34.1 Å². The molecule has 2 aliphatic rings. The molecule has 164 valence electrons. The highest BCUT2D eigenvalue weighted by atomic mass is 32.1. The number of hydrogen-bond donors (Lipinski definition) is 2. The Bertz CT molecular complexity index is 996. The Morgan fingerprint density at radius 2 is 1.81 bits per heavy atom. The van der Waals surface area contributed by atoms with Gasteiger partial charge in [-0.25, -0.2) is 0 Å². The van der Waals surface area contributed by atoms with E-state index >= 15 is 0 Å². The molecule has 0 saturated carbocycles. The van der Waals surface area contributed by atoms with Crippen molar-refractivity contribution in [3.63, 3.8) is 0 Å². The van der Waals surface area contributed by atoms with Gasteiger partial charge in [-0.15, -0.1) is 11.3 Å². The highest BCUT2D eigenvalue weighted by Gasteiger charge is 2.31. The monoisotopic (exact) mass is 439 g/mol. The summed E-state index contributed by atoms with van der Waals surface area (Å²) in [5, 5.41) is 3.56. The van der Waals surface area contributed by atoms with E-state index in [-0.39, 0.29) is 17.7 Å². The van der Waals surface area contributed by atoms with Gasteiger partial charge >= 0.3 is 0 Å². The van der Waals surface area contributed by atoms with Gasteiger partial charge in [0.15, 0.2) is 0 Å². The average Bonchev–Trinajstić information content (AvgIpc) is 2.94. The Balaban J connectivity index is 1.48. The normalized spacial score (nSPS) is 18.7. The molecule has 1 aromatic heterocycles. The van der Waals surface area contributed by atoms with Crippen LogP contribution in [0.5, 0.6) is 0 Å². The molecular formula is C24H29N3O3S. The van der Waals surface area contributed by atoms with Crippen molar-refractivity contribution in [2.45, 2.75) is 51.9 Å². The largest absolute Gasteiger partial charge is 0.365 e. The number of carbonyl (C=O) groups is 3. The predicted octanol–water partition coefficient (Wildman–Crippen LogP) is 3.92. The average molecular weight is 440 g/mol. The lowest BCUT2D eigenvalue weighted by Crippen LogP contribution is -2.43. The lowest BCUT2D eigenvalue weighted by atomic mass is 9.96. The van der Waals surface area contributed by atoms with E-state index < -0.39 is 5.91 Å². The van der Waals surface area contributed by atoms with Crippen LogP contribution < -0.4 is 11.1 Å². The Hall–Kier alpha value is -2.67. The van der Waals surface area contributed by atoms with Gasteiger partial charge < -0.3 is 16.0 Å². The van der Waals surface area contributed by atoms with Crippen LogP contribution in [0, 0.1) is 12.8 Å². The minimum absolute atomic E-state index is 0.0434. The molecule has 4 rings (SSSR count). The number of rotatable bonds is 4. The second kappa shape index (κ2) is 9.22. The molecule has 1 aromatic carbocycles. The van der Waals surface area contributed by atoms with Crippen LogP contribution in [0.15, 0.2) is 24.3 Å². The fourth-order valence-electron chi connectivity index (χ4n) is 4.56. The number of amides is 3. The number of fused-ring (bicyclic) bond motifs is 1. The van der Waals surface area contributed by atoms with E-state index in [9.17, 15) is 14.4 Å². The number of hydrogen-bond acceptors (Lipinski definition) is 4. The van der Waals surface area contributed by atoms with Gasteiger partial charge in [0.25, 0.3) is 11.8 Å². The lowest BCUT2D eigenvalue weighted by molar-refractivity contribution is -0.121. The lowest BCUT2D eigenvalue weighted by Gasteiger charge is -2.32. The second-order valence-electron chi connectivity index (χ2n) is 8.58. The molecule has 1 aliphatic heterocycles. The summed E-state index contributed by atoms with van der Waals surface area (Å²) in [5.74, 6) is -0.959. The van der Waals surface area contributed by atoms with Gasteiger partial charge in [0.1, 0.15) is 5.00 Å². The number of piperidine rings is 1. The Kier molecular flexibility index (Phi) is 6.41. The third-order valence-electron chi connectivity index (χ3n) is 6.28. The van der Waals surface area contributed by atoms with Crippen LogP contribution in [0.4, 0.5) is 5.00 Å². The minimum atomic E-state index is -0.477. The van der Waals surface area contributed by atoms with Crippen LogP contribution in [-0.2, 0) is 17.6 Å². The summed E-state index contributed by atoms with van der Waals surface area (Å²) in [6.07, 6.45) is 6.54. The van der Waals surface area contributed by atoms with Crippen molar-refractivity contribution in [3.05, 3.63) is 51.4 Å². The summed E-state index contributed by atoms with van der Waals surface area (Å²) in [5.41, 5.74) is 8.94. The van der Waals surface area contributed by atoms with Crippen molar-refractivity contribution in [2.75, 3.05) is 18.4 Å². The van der Waals surface area contributed by atoms with E-state index in [1.165, 1.54) is 16.2 Å². The zero-order valence-corrected chi connectivity index (χ0v) is 18.7. The van der Waals surface area contributed by atoms with E-state index in [0.717, 1.165) is 56.1 Å². The quantitative estimate of drug-likeness (QED) is 0.707. The van der Waals surface area contributed by atoms with Crippen molar-refractivity contribution in [3.8, 4) is 0 Å². The first-order valence-corrected chi connectivity index (χ1v) is 11.9. The zero-order valence-electron chi connectivity index (χ0n) is 17.9. The van der Waals surface area contributed by atoms with Crippen LogP contribution in [0.25, 0.3) is 0 Å². The first-order valence-electron chi connectivity index (χ1n) is 11.0. The van der Waals surface area contributed by atoms with Gasteiger partial charge in [-0.1, -0.05) is 24.1 Å². The Morgan fingerprint density at radius 3 is 2.55 bits per heavy atom. The van der Waals surface area contributed by atoms with Crippen molar-refractivity contribution in [1.29, 1.82) is 0 Å². The molecule has 0 bridgehead atoms. The second-order valence-corrected chi connectivity index (χ2v) is 9.68. The smallest absolute Gasteiger partial charge is 0.253 e. The van der Waals surface area contributed by atoms with Gasteiger partial charge in [0.2, 0.25) is 5.91 Å². The van der Waals surface area contributed by atoms with Crippen LogP contribution >= 0.6 is 11.3 Å². The van der Waals surface area contributed by atoms with Crippen LogP contribution in [-0.4, -0.2) is 35.7 Å². The van der Waals surface area contributed by atoms with Crippen LogP contribution in [0.1, 0.15) is 68.8 Å². The minimum Gasteiger partial charge on any atom is -0.365 e. The molecule has 1 atom stereocenters. The van der Waals surface area contributed by atoms with Gasteiger partial charge in [0, 0.05) is 23.5 Å². The molecule has 3 N–H and O–H groups in total. The summed E-state index contributed by atoms with van der Waals surface area (Å²) >= 11 is 1.49. The number of benzene rings is 1. The summed E-state index contributed by atoms with van der Waals surface area (Å²) < 4.78 is 0. The number of nitrogens with one attached hydrogen (secondary N) is 1. The topological polar surface area (TPSA) is 92.5 Å². The first kappa shape index (κ1) is 21.6. The highest BCUT2D eigenvalue weighted by Crippen LogP contribution is 2.37. The van der Waals surface area contributed by atoms with Gasteiger partial charge in [-0.2, -0.15) is 0 Å². The molecule has 7 heteroatoms. The van der Waals surface area contributed by atoms with Gasteiger partial charge in [-0.05, 0) is 63.1 Å². The van der Waals surface area contributed by atoms with E-state index in [4.69, 9.17) is 5.73 Å². The number of nitrogens with two attached hydrogens (primary N) is 1. The standard InChI is InChI=1S/C24H29N3O3S/c1-15-9-11-16(12-10-15)24(30)27-13-5-6-17(14-27)22(29)26-23-20(21(25)28)18-7-3-2-4-8-19(18)31-23/h9-12,17H,2-8,13-14H2,1H3,(H2,25,28)(H,26,29). The molecule has 1 aliphatic carbocycles. The number of nitrogens with zero attached hydrogens (tertiary/aromatic N) is 1. The molecule has 31 heavy (non-hydrogen) atoms. The van der Waals surface area contributed by atoms with Crippen LogP contribution in [0.2, 0.25) is 0 Å². The van der Waals surface area contributed by atoms with Gasteiger partial charge in [0.05, 0.1) is 11.5 Å². The van der Waals surface area contributed by atoms with Crippen LogP contribution in [0.3, 0.4) is 0 Å². The third-order valence-corrected chi connectivity index (χ3v) is 7.49. The van der Waals surface area contributed by atoms with E-state index in [1.807, 2.05) is 31.2 Å². The van der Waals surface area contributed by atoms with E-state index in [2.05, 4.69) is 5.32 Å². The molecule has 0 spiro atoms. The first-order chi connectivity index (χ1) is 14.9. The van der Waals surface area contributed by atoms with Crippen molar-refractivity contribution in [2.24, 2.45) is 11.7 Å². The van der Waals surface area contributed by atoms with Crippen molar-refractivity contribution in [1.82, 2.24) is 4.90 Å². The SMILES string of the molecule is Cc1ccc(C(=O)N2CCCC(C(=O)Nc3sc4c(c3C(N)=O)CCCCC4)C2)cc1. The molecule has 0 radical (unpaired) electrons. The molecule has 3 amide bonds. The summed E-state index contributed by atoms with van der Waals surface area (Å²) in [6, 6.07) is 7.51. The third kappa shape index (κ3) is 4.66. The Morgan fingerprint density at radius 1 is 1.06 bits per heavy atom. The van der Waals surface area contributed by atoms with E-state index in [1.54, 1.807) is 4.90 Å². The van der Waals surface area contributed by atoms with Gasteiger partial charge in [-0.3, -0.25) is 14.4 Å². The number of primary amides is 1. The van der Waals surface area contributed by atoms with E-state index in [0.29, 0.717) is 29.2 Å². The summed E-state index contributed by atoms with van der Waals surface area (Å²) in [4.78, 5) is 41.1. The highest BCUT2D eigenvalue weighted by molar-refractivity contribution is 7.17. The fourth-order valence-corrected chi connectivity index (χ4v) is 5.86. The zero-order chi connectivity index (χ0) is 22.0. The molecule has 2 aromatic rings. The molecule has 1 unspecified atom stereocenters. The maximum absolute atomic E-state index is 13.1. The maximum atomic E-state index is 13.1. The number of carbonyl (C=O) groups excluding carboxylic acids is 3. The molecule has 6 nitrogen and oxygen atoms in total. The summed E-state index contributed by atoms with van der Waals surface area (Å²) in [6.45, 7) is 3.02. The number of likely N-dealkylation sites (tertiary alicyclic amines) is 1. The molecular weight excluding hydrogens is 410 g/mol. The Labute approximate surface area is 186 Å². The molecule has 1 saturated heterocycles. The molecule has 2 heterocycles. The fraction of sp³-hybridized carbons (Fsp3) is 0.458. The number of anilines is 1. The number of thiophene rings is 1. The summed E-state index contributed by atoms with van der Waals surface area (Å²) in [7, 11) is 0.